The normalized spacial score (nSPS) is 10.6. The number of carbonyl (C=O) groups excluding carboxylic acids is 1. The van der Waals surface area contributed by atoms with E-state index in [1.54, 1.807) is 0 Å². The zero-order valence-corrected chi connectivity index (χ0v) is 19.1. The number of anilines is 1. The van der Waals surface area contributed by atoms with Gasteiger partial charge in [-0.2, -0.15) is 0 Å². The Hall–Kier alpha value is -1.92. The van der Waals surface area contributed by atoms with Gasteiger partial charge in [-0.05, 0) is 37.2 Å². The summed E-state index contributed by atoms with van der Waals surface area (Å²) in [6, 6.07) is 11.9. The van der Waals surface area contributed by atoms with Crippen LogP contribution in [0.1, 0.15) is 69.2 Å². The molecule has 1 aromatic heterocycles. The molecule has 1 aromatic carbocycles. The lowest BCUT2D eigenvalue weighted by Crippen LogP contribution is -2.29. The van der Waals surface area contributed by atoms with Crippen LogP contribution in [0.5, 0.6) is 0 Å². The maximum Gasteiger partial charge on any atom is 0.341 e. The first-order valence-electron chi connectivity index (χ1n) is 10.6. The van der Waals surface area contributed by atoms with Gasteiger partial charge in [-0.3, -0.25) is 0 Å². The summed E-state index contributed by atoms with van der Waals surface area (Å²) >= 11 is 6.95. The Morgan fingerprint density at radius 3 is 2.41 bits per heavy atom. The van der Waals surface area contributed by atoms with Gasteiger partial charge in [0.2, 0.25) is 0 Å². The van der Waals surface area contributed by atoms with Crippen LogP contribution < -0.4 is 10.6 Å². The predicted octanol–water partition coefficient (Wildman–Crippen LogP) is 6.63. The van der Waals surface area contributed by atoms with E-state index in [2.05, 4.69) is 17.6 Å². The highest BCUT2D eigenvalue weighted by molar-refractivity contribution is 7.80. The quantitative estimate of drug-likeness (QED) is 0.224. The van der Waals surface area contributed by atoms with Crippen molar-refractivity contribution in [3.63, 3.8) is 0 Å². The van der Waals surface area contributed by atoms with E-state index in [0.717, 1.165) is 28.4 Å². The highest BCUT2D eigenvalue weighted by atomic mass is 32.1. The number of hydrogen-bond acceptors (Lipinski definition) is 4. The molecule has 0 saturated heterocycles. The van der Waals surface area contributed by atoms with Crippen LogP contribution >= 0.6 is 23.6 Å². The van der Waals surface area contributed by atoms with Crippen LogP contribution in [0.4, 0.5) is 5.00 Å². The maximum absolute atomic E-state index is 12.4. The van der Waals surface area contributed by atoms with Crippen molar-refractivity contribution in [3.8, 4) is 10.4 Å². The van der Waals surface area contributed by atoms with E-state index in [0.29, 0.717) is 17.3 Å². The van der Waals surface area contributed by atoms with Crippen LogP contribution in [-0.2, 0) is 4.74 Å². The Labute approximate surface area is 184 Å². The van der Waals surface area contributed by atoms with Gasteiger partial charge in [0.05, 0.1) is 12.2 Å². The third-order valence-electron chi connectivity index (χ3n) is 4.58. The molecule has 2 N–H and O–H groups in total. The van der Waals surface area contributed by atoms with Gasteiger partial charge in [0.25, 0.3) is 0 Å². The minimum Gasteiger partial charge on any atom is -0.462 e. The maximum atomic E-state index is 12.4. The van der Waals surface area contributed by atoms with Gasteiger partial charge in [-0.25, -0.2) is 4.79 Å². The van der Waals surface area contributed by atoms with Crippen LogP contribution in [0.25, 0.3) is 10.4 Å². The van der Waals surface area contributed by atoms with Crippen molar-refractivity contribution in [2.24, 2.45) is 0 Å². The first-order valence-corrected chi connectivity index (χ1v) is 11.8. The molecule has 0 aliphatic heterocycles. The van der Waals surface area contributed by atoms with Crippen LogP contribution in [0.3, 0.4) is 0 Å². The molecule has 0 spiro atoms. The lowest BCUT2D eigenvalue weighted by molar-refractivity contribution is 0.0528. The molecule has 1 heterocycles. The lowest BCUT2D eigenvalue weighted by atomic mass is 10.1. The summed E-state index contributed by atoms with van der Waals surface area (Å²) in [5.74, 6) is -0.330. The Bertz CT molecular complexity index is 759. The number of thiophene rings is 1. The molecular formula is C23H32N2O2S2. The van der Waals surface area contributed by atoms with Crippen molar-refractivity contribution in [3.05, 3.63) is 42.0 Å². The number of unbranched alkanes of at least 4 members (excludes halogenated alkanes) is 6. The van der Waals surface area contributed by atoms with Crippen molar-refractivity contribution >= 4 is 39.6 Å². The molecule has 0 unspecified atom stereocenters. The van der Waals surface area contributed by atoms with Crippen molar-refractivity contribution in [1.29, 1.82) is 0 Å². The molecule has 2 aromatic rings. The number of esters is 1. The highest BCUT2D eigenvalue weighted by Crippen LogP contribution is 2.35. The minimum absolute atomic E-state index is 0.330. The van der Waals surface area contributed by atoms with Crippen molar-refractivity contribution in [1.82, 2.24) is 5.32 Å². The van der Waals surface area contributed by atoms with Crippen molar-refractivity contribution in [2.75, 3.05) is 18.5 Å². The fourth-order valence-electron chi connectivity index (χ4n) is 3.02. The second-order valence-electron chi connectivity index (χ2n) is 6.94. The van der Waals surface area contributed by atoms with Crippen LogP contribution in [0, 0.1) is 0 Å². The van der Waals surface area contributed by atoms with Gasteiger partial charge < -0.3 is 15.4 Å². The molecule has 0 bridgehead atoms. The van der Waals surface area contributed by atoms with Crippen LogP contribution in [-0.4, -0.2) is 24.2 Å². The molecule has 0 radical (unpaired) electrons. The topological polar surface area (TPSA) is 50.4 Å². The molecule has 2 rings (SSSR count). The van der Waals surface area contributed by atoms with Crippen molar-refractivity contribution in [2.45, 2.75) is 58.8 Å². The zero-order chi connectivity index (χ0) is 20.9. The van der Waals surface area contributed by atoms with E-state index in [9.17, 15) is 4.79 Å². The van der Waals surface area contributed by atoms with E-state index in [4.69, 9.17) is 17.0 Å². The molecule has 0 saturated carbocycles. The molecule has 0 aliphatic rings. The van der Waals surface area contributed by atoms with Gasteiger partial charge in [0, 0.05) is 11.4 Å². The summed E-state index contributed by atoms with van der Waals surface area (Å²) in [6.45, 7) is 5.23. The fourth-order valence-corrected chi connectivity index (χ4v) is 4.35. The lowest BCUT2D eigenvalue weighted by Gasteiger charge is -2.10. The molecule has 0 amide bonds. The van der Waals surface area contributed by atoms with E-state index in [-0.39, 0.29) is 5.97 Å². The smallest absolute Gasteiger partial charge is 0.341 e. The SMILES string of the molecule is CCCCCCCCCNC(=S)Nc1sc(-c2ccccc2)cc1C(=O)OCC. The average Bonchev–Trinajstić information content (AvgIpc) is 3.14. The predicted molar refractivity (Wildman–Crippen MR) is 128 cm³/mol. The molecule has 158 valence electrons. The first kappa shape index (κ1) is 23.4. The van der Waals surface area contributed by atoms with E-state index < -0.39 is 0 Å². The Morgan fingerprint density at radius 2 is 1.72 bits per heavy atom. The van der Waals surface area contributed by atoms with Crippen LogP contribution in [0.15, 0.2) is 36.4 Å². The number of nitrogens with one attached hydrogen (secondary N) is 2. The standard InChI is InChI=1S/C23H32N2O2S2/c1-3-5-6-7-8-9-13-16-24-23(28)25-21-19(22(26)27-4-2)17-20(29-21)18-14-11-10-12-15-18/h10-12,14-15,17H,3-9,13,16H2,1-2H3,(H2,24,25,28). The number of rotatable bonds is 12. The Morgan fingerprint density at radius 1 is 1.03 bits per heavy atom. The summed E-state index contributed by atoms with van der Waals surface area (Å²) in [4.78, 5) is 13.4. The van der Waals surface area contributed by atoms with Crippen molar-refractivity contribution < 1.29 is 9.53 Å². The van der Waals surface area contributed by atoms with Gasteiger partial charge in [-0.1, -0.05) is 75.8 Å². The summed E-state index contributed by atoms with van der Waals surface area (Å²) in [5.41, 5.74) is 1.59. The first-order chi connectivity index (χ1) is 14.2. The summed E-state index contributed by atoms with van der Waals surface area (Å²) in [5, 5.41) is 7.72. The number of benzene rings is 1. The zero-order valence-electron chi connectivity index (χ0n) is 17.5. The van der Waals surface area contributed by atoms with E-state index in [1.807, 2.05) is 43.3 Å². The molecule has 0 aliphatic carbocycles. The second kappa shape index (κ2) is 13.3. The summed E-state index contributed by atoms with van der Waals surface area (Å²) in [6.07, 6.45) is 8.85. The average molecular weight is 433 g/mol. The van der Waals surface area contributed by atoms with Gasteiger partial charge in [0.1, 0.15) is 5.00 Å². The van der Waals surface area contributed by atoms with Gasteiger partial charge in [-0.15, -0.1) is 11.3 Å². The number of carbonyl (C=O) groups is 1. The second-order valence-corrected chi connectivity index (χ2v) is 8.40. The number of ether oxygens (including phenoxy) is 1. The monoisotopic (exact) mass is 432 g/mol. The minimum atomic E-state index is -0.330. The molecular weight excluding hydrogens is 400 g/mol. The molecule has 6 heteroatoms. The Kier molecular flexibility index (Phi) is 10.7. The molecule has 29 heavy (non-hydrogen) atoms. The van der Waals surface area contributed by atoms with Gasteiger partial charge in [0.15, 0.2) is 5.11 Å². The third kappa shape index (κ3) is 8.15. The van der Waals surface area contributed by atoms with Crippen LogP contribution in [0.2, 0.25) is 0 Å². The highest BCUT2D eigenvalue weighted by Gasteiger charge is 2.18. The largest absolute Gasteiger partial charge is 0.462 e. The number of thiocarbonyl (C=S) groups is 1. The number of hydrogen-bond donors (Lipinski definition) is 2. The molecule has 0 atom stereocenters. The summed E-state index contributed by atoms with van der Waals surface area (Å²) < 4.78 is 5.22. The summed E-state index contributed by atoms with van der Waals surface area (Å²) in [7, 11) is 0. The fraction of sp³-hybridized carbons (Fsp3) is 0.478. The molecule has 0 fully saturated rings. The molecule has 4 nitrogen and oxygen atoms in total. The van der Waals surface area contributed by atoms with Gasteiger partial charge >= 0.3 is 5.97 Å². The third-order valence-corrected chi connectivity index (χ3v) is 5.92. The van der Waals surface area contributed by atoms with E-state index in [1.165, 1.54) is 49.9 Å². The van der Waals surface area contributed by atoms with E-state index >= 15 is 0 Å². The Balaban J connectivity index is 1.90.